The van der Waals surface area contributed by atoms with E-state index >= 15 is 0 Å². The Bertz CT molecular complexity index is 784. The molecular weight excluding hydrogens is 354 g/mol. The third-order valence-corrected chi connectivity index (χ3v) is 4.27. The van der Waals surface area contributed by atoms with Crippen LogP contribution in [-0.4, -0.2) is 26.3 Å². The smallest absolute Gasteiger partial charge is 0.0924 e. The molecule has 0 bridgehead atoms. The number of benzene rings is 1. The molecule has 0 aliphatic rings. The Balaban J connectivity index is 1.70. The van der Waals surface area contributed by atoms with Crippen molar-refractivity contribution >= 4 is 27.0 Å². The van der Waals surface area contributed by atoms with Gasteiger partial charge in [-0.1, -0.05) is 28.8 Å². The summed E-state index contributed by atoms with van der Waals surface area (Å²) in [4.78, 5) is 9.15. The number of fused-ring (bicyclic) bond motifs is 1. The summed E-state index contributed by atoms with van der Waals surface area (Å²) in [7, 11) is 0. The van der Waals surface area contributed by atoms with Crippen LogP contribution in [-0.2, 0) is 6.54 Å². The molecule has 0 aliphatic heterocycles. The van der Waals surface area contributed by atoms with Crippen molar-refractivity contribution in [3.05, 3.63) is 41.3 Å². The van der Waals surface area contributed by atoms with E-state index in [0.717, 1.165) is 52.7 Å². The first-order valence-electron chi connectivity index (χ1n) is 7.91. The third kappa shape index (κ3) is 4.14. The maximum atomic E-state index is 5.51. The number of hydrogen-bond acceptors (Lipinski definition) is 4. The van der Waals surface area contributed by atoms with E-state index in [9.17, 15) is 0 Å². The zero-order valence-electron chi connectivity index (χ0n) is 13.0. The molecule has 0 aliphatic carbocycles. The average molecular weight is 374 g/mol. The first-order valence-corrected chi connectivity index (χ1v) is 8.71. The zero-order chi connectivity index (χ0) is 16.1. The molecule has 0 saturated heterocycles. The van der Waals surface area contributed by atoms with Crippen LogP contribution in [0.15, 0.2) is 41.3 Å². The molecule has 3 aromatic rings. The van der Waals surface area contributed by atoms with Gasteiger partial charge >= 0.3 is 0 Å². The lowest BCUT2D eigenvalue weighted by Crippen LogP contribution is -2.00. The molecule has 23 heavy (non-hydrogen) atoms. The fourth-order valence-electron chi connectivity index (χ4n) is 2.51. The van der Waals surface area contributed by atoms with E-state index < -0.39 is 0 Å². The van der Waals surface area contributed by atoms with E-state index in [0.29, 0.717) is 0 Å². The van der Waals surface area contributed by atoms with E-state index in [1.165, 1.54) is 12.8 Å². The number of nitrogens with zero attached hydrogens (tertiary/aromatic N) is 4. The molecule has 2 aromatic heterocycles. The highest BCUT2D eigenvalue weighted by molar-refractivity contribution is 9.10. The number of unbranched alkanes of at least 4 members (excludes halogenated alkanes) is 3. The van der Waals surface area contributed by atoms with Gasteiger partial charge in [0.2, 0.25) is 0 Å². The maximum absolute atomic E-state index is 5.51. The molecule has 5 nitrogen and oxygen atoms in total. The Hall–Kier alpha value is -1.79. The average Bonchev–Trinajstić information content (AvgIpc) is 3.03. The van der Waals surface area contributed by atoms with Gasteiger partial charge in [0.25, 0.3) is 0 Å². The summed E-state index contributed by atoms with van der Waals surface area (Å²) < 4.78 is 2.98. The Morgan fingerprint density at radius 3 is 2.78 bits per heavy atom. The summed E-state index contributed by atoms with van der Waals surface area (Å²) in [5.41, 5.74) is 9.13. The van der Waals surface area contributed by atoms with E-state index in [4.69, 9.17) is 5.73 Å². The van der Waals surface area contributed by atoms with Crippen molar-refractivity contribution in [3.8, 4) is 11.3 Å². The second kappa shape index (κ2) is 7.66. The molecule has 0 saturated carbocycles. The monoisotopic (exact) mass is 373 g/mol. The summed E-state index contributed by atoms with van der Waals surface area (Å²) in [6.07, 6.45) is 10.3. The molecule has 120 valence electrons. The summed E-state index contributed by atoms with van der Waals surface area (Å²) in [6.45, 7) is 1.71. The van der Waals surface area contributed by atoms with Crippen molar-refractivity contribution in [1.82, 2.24) is 19.7 Å². The van der Waals surface area contributed by atoms with Crippen molar-refractivity contribution in [3.63, 3.8) is 0 Å². The lowest BCUT2D eigenvalue weighted by molar-refractivity contribution is 0.537. The molecule has 1 aromatic carbocycles. The van der Waals surface area contributed by atoms with Gasteiger partial charge in [-0.05, 0) is 37.6 Å². The fourth-order valence-corrected chi connectivity index (χ4v) is 2.86. The highest BCUT2D eigenvalue weighted by atomic mass is 79.9. The Morgan fingerprint density at radius 2 is 1.91 bits per heavy atom. The minimum Gasteiger partial charge on any atom is -0.330 e. The highest BCUT2D eigenvalue weighted by Gasteiger charge is 2.06. The summed E-state index contributed by atoms with van der Waals surface area (Å²) >= 11 is 3.47. The van der Waals surface area contributed by atoms with E-state index in [-0.39, 0.29) is 0 Å². The van der Waals surface area contributed by atoms with Crippen molar-refractivity contribution < 1.29 is 0 Å². The second-order valence-electron chi connectivity index (χ2n) is 5.58. The van der Waals surface area contributed by atoms with Crippen molar-refractivity contribution in [2.75, 3.05) is 6.54 Å². The second-order valence-corrected chi connectivity index (χ2v) is 6.50. The van der Waals surface area contributed by atoms with Crippen LogP contribution in [0.4, 0.5) is 0 Å². The van der Waals surface area contributed by atoms with Gasteiger partial charge in [-0.25, -0.2) is 4.98 Å². The van der Waals surface area contributed by atoms with E-state index in [1.807, 2.05) is 35.3 Å². The number of nitrogens with two attached hydrogens (primary N) is 1. The number of aryl methyl sites for hydroxylation is 1. The quantitative estimate of drug-likeness (QED) is 0.639. The van der Waals surface area contributed by atoms with Crippen molar-refractivity contribution in [2.24, 2.45) is 5.73 Å². The summed E-state index contributed by atoms with van der Waals surface area (Å²) in [5.74, 6) is 0. The highest BCUT2D eigenvalue weighted by Crippen LogP contribution is 2.21. The van der Waals surface area contributed by atoms with Crippen molar-refractivity contribution in [2.45, 2.75) is 32.2 Å². The standard InChI is InChI=1S/C17H20BrN5/c18-14-5-6-15-16(9-14)22-17(11-20-15)13-10-21-23(12-13)8-4-2-1-3-7-19/h5-6,9-12H,1-4,7-8,19H2. The molecule has 0 atom stereocenters. The molecule has 0 radical (unpaired) electrons. The molecule has 0 fully saturated rings. The minimum absolute atomic E-state index is 0.780. The number of rotatable bonds is 7. The van der Waals surface area contributed by atoms with E-state index in [2.05, 4.69) is 31.0 Å². The largest absolute Gasteiger partial charge is 0.330 e. The fraction of sp³-hybridized carbons (Fsp3) is 0.353. The molecule has 0 spiro atoms. The molecule has 6 heteroatoms. The number of hydrogen-bond donors (Lipinski definition) is 1. The normalized spacial score (nSPS) is 11.2. The maximum Gasteiger partial charge on any atom is 0.0924 e. The summed E-state index contributed by atoms with van der Waals surface area (Å²) in [5, 5.41) is 4.42. The summed E-state index contributed by atoms with van der Waals surface area (Å²) in [6, 6.07) is 5.91. The SMILES string of the molecule is NCCCCCCn1cc(-c2cnc3ccc(Br)cc3n2)cn1. The number of halogens is 1. The van der Waals surface area contributed by atoms with Gasteiger partial charge in [-0.15, -0.1) is 0 Å². The first-order chi connectivity index (χ1) is 11.3. The lowest BCUT2D eigenvalue weighted by Gasteiger charge is -2.02. The van der Waals surface area contributed by atoms with Gasteiger partial charge in [-0.2, -0.15) is 5.10 Å². The van der Waals surface area contributed by atoms with Gasteiger partial charge in [0.05, 0.1) is 29.1 Å². The Labute approximate surface area is 144 Å². The number of aromatic nitrogens is 4. The molecule has 3 rings (SSSR count). The van der Waals surface area contributed by atoms with Crippen LogP contribution in [0.25, 0.3) is 22.3 Å². The molecular formula is C17H20BrN5. The predicted octanol–water partition coefficient (Wildman–Crippen LogP) is 3.77. The zero-order valence-corrected chi connectivity index (χ0v) is 14.5. The topological polar surface area (TPSA) is 69.6 Å². The van der Waals surface area contributed by atoms with Gasteiger partial charge in [-0.3, -0.25) is 9.67 Å². The molecule has 0 unspecified atom stereocenters. The van der Waals surface area contributed by atoms with Crippen LogP contribution in [0.1, 0.15) is 25.7 Å². The van der Waals surface area contributed by atoms with Crippen LogP contribution in [0.5, 0.6) is 0 Å². The van der Waals surface area contributed by atoms with Gasteiger partial charge in [0.1, 0.15) is 0 Å². The first kappa shape index (κ1) is 16.1. The van der Waals surface area contributed by atoms with Crippen molar-refractivity contribution in [1.29, 1.82) is 0 Å². The molecule has 2 heterocycles. The Morgan fingerprint density at radius 1 is 1.04 bits per heavy atom. The van der Waals surface area contributed by atoms with Crippen LogP contribution in [0.2, 0.25) is 0 Å². The van der Waals surface area contributed by atoms with Gasteiger partial charge < -0.3 is 5.73 Å². The molecule has 0 amide bonds. The Kier molecular flexibility index (Phi) is 5.35. The van der Waals surface area contributed by atoms with Crippen LogP contribution < -0.4 is 5.73 Å². The van der Waals surface area contributed by atoms with Crippen LogP contribution >= 0.6 is 15.9 Å². The minimum atomic E-state index is 0.780. The van der Waals surface area contributed by atoms with Gasteiger partial charge in [0, 0.05) is 22.8 Å². The van der Waals surface area contributed by atoms with Crippen LogP contribution in [0, 0.1) is 0 Å². The van der Waals surface area contributed by atoms with Crippen LogP contribution in [0.3, 0.4) is 0 Å². The van der Waals surface area contributed by atoms with Gasteiger partial charge in [0.15, 0.2) is 0 Å². The van der Waals surface area contributed by atoms with E-state index in [1.54, 1.807) is 6.20 Å². The third-order valence-electron chi connectivity index (χ3n) is 3.77. The predicted molar refractivity (Wildman–Crippen MR) is 96.0 cm³/mol. The lowest BCUT2D eigenvalue weighted by atomic mass is 10.2. The molecule has 2 N–H and O–H groups in total.